The summed E-state index contributed by atoms with van der Waals surface area (Å²) in [6.07, 6.45) is 1.55. The third-order valence-electron chi connectivity index (χ3n) is 2.49. The third-order valence-corrected chi connectivity index (χ3v) is 2.49. The lowest BCUT2D eigenvalue weighted by molar-refractivity contribution is 0.625. The van der Waals surface area contributed by atoms with Gasteiger partial charge in [0.25, 0.3) is 0 Å². The van der Waals surface area contributed by atoms with Crippen LogP contribution in [0.3, 0.4) is 0 Å². The lowest BCUT2D eigenvalue weighted by Gasteiger charge is -2.04. The van der Waals surface area contributed by atoms with E-state index in [-0.39, 0.29) is 11.9 Å². The average molecular weight is 207 g/mol. The van der Waals surface area contributed by atoms with E-state index in [2.05, 4.69) is 9.97 Å². The van der Waals surface area contributed by atoms with E-state index in [4.69, 9.17) is 5.73 Å². The van der Waals surface area contributed by atoms with Crippen molar-refractivity contribution in [1.29, 1.82) is 0 Å². The van der Waals surface area contributed by atoms with Crippen molar-refractivity contribution in [3.63, 3.8) is 0 Å². The van der Waals surface area contributed by atoms with Gasteiger partial charge in [0.05, 0.1) is 5.52 Å². The number of benzene rings is 1. The minimum Gasteiger partial charge on any atom is -0.342 e. The summed E-state index contributed by atoms with van der Waals surface area (Å²) in [5.41, 5.74) is 6.94. The van der Waals surface area contributed by atoms with Gasteiger partial charge in [0.2, 0.25) is 0 Å². The zero-order chi connectivity index (χ0) is 10.8. The zero-order valence-corrected chi connectivity index (χ0v) is 8.63. The van der Waals surface area contributed by atoms with Crippen LogP contribution in [0, 0.1) is 5.82 Å². The van der Waals surface area contributed by atoms with Crippen molar-refractivity contribution in [1.82, 2.24) is 9.97 Å². The number of nitrogens with zero attached hydrogens (tertiary/aromatic N) is 1. The number of aromatic amines is 1. The van der Waals surface area contributed by atoms with Gasteiger partial charge in [-0.1, -0.05) is 13.0 Å². The van der Waals surface area contributed by atoms with Crippen LogP contribution in [-0.2, 0) is 6.42 Å². The zero-order valence-electron chi connectivity index (χ0n) is 8.63. The van der Waals surface area contributed by atoms with Crippen molar-refractivity contribution in [3.05, 3.63) is 29.8 Å². The highest BCUT2D eigenvalue weighted by Crippen LogP contribution is 2.15. The molecule has 0 aliphatic carbocycles. The van der Waals surface area contributed by atoms with Gasteiger partial charge in [0.15, 0.2) is 5.82 Å². The highest BCUT2D eigenvalue weighted by atomic mass is 19.1. The lowest BCUT2D eigenvalue weighted by atomic mass is 10.2. The van der Waals surface area contributed by atoms with Crippen LogP contribution < -0.4 is 5.73 Å². The number of nitrogens with two attached hydrogens (primary N) is 1. The molecule has 1 atom stereocenters. The number of halogens is 1. The molecule has 0 saturated carbocycles. The number of hydrogen-bond acceptors (Lipinski definition) is 2. The van der Waals surface area contributed by atoms with Crippen LogP contribution in [0.25, 0.3) is 11.0 Å². The molecular formula is C11H14FN3. The van der Waals surface area contributed by atoms with Crippen molar-refractivity contribution in [3.8, 4) is 0 Å². The van der Waals surface area contributed by atoms with Gasteiger partial charge in [-0.3, -0.25) is 0 Å². The first kappa shape index (κ1) is 10.1. The van der Waals surface area contributed by atoms with Gasteiger partial charge in [-0.25, -0.2) is 9.37 Å². The molecule has 3 nitrogen and oxygen atoms in total. The molecule has 0 amide bonds. The first-order valence-corrected chi connectivity index (χ1v) is 5.09. The molecule has 4 heteroatoms. The lowest BCUT2D eigenvalue weighted by Crippen LogP contribution is -2.21. The fourth-order valence-electron chi connectivity index (χ4n) is 1.54. The van der Waals surface area contributed by atoms with E-state index in [0.29, 0.717) is 11.9 Å². The monoisotopic (exact) mass is 207 g/mol. The molecule has 0 aliphatic rings. The molecule has 1 unspecified atom stereocenters. The fraction of sp³-hybridized carbons (Fsp3) is 0.364. The maximum absolute atomic E-state index is 13.3. The Morgan fingerprint density at radius 1 is 1.53 bits per heavy atom. The maximum atomic E-state index is 13.3. The topological polar surface area (TPSA) is 54.7 Å². The molecule has 2 rings (SSSR count). The first-order chi connectivity index (χ1) is 7.20. The smallest absolute Gasteiger partial charge is 0.151 e. The highest BCUT2D eigenvalue weighted by Gasteiger charge is 2.09. The SMILES string of the molecule is CCC(N)Cc1nc2c(F)cccc2[nH]1. The van der Waals surface area contributed by atoms with Crippen LogP contribution in [0.15, 0.2) is 18.2 Å². The summed E-state index contributed by atoms with van der Waals surface area (Å²) in [5, 5.41) is 0. The summed E-state index contributed by atoms with van der Waals surface area (Å²) in [5.74, 6) is 0.463. The summed E-state index contributed by atoms with van der Waals surface area (Å²) < 4.78 is 13.3. The highest BCUT2D eigenvalue weighted by molar-refractivity contribution is 5.75. The summed E-state index contributed by atoms with van der Waals surface area (Å²) >= 11 is 0. The Labute approximate surface area is 87.5 Å². The molecule has 0 radical (unpaired) electrons. The van der Waals surface area contributed by atoms with Gasteiger partial charge in [-0.15, -0.1) is 0 Å². The molecule has 15 heavy (non-hydrogen) atoms. The van der Waals surface area contributed by atoms with Crippen LogP contribution in [-0.4, -0.2) is 16.0 Å². The van der Waals surface area contributed by atoms with Crippen LogP contribution in [0.4, 0.5) is 4.39 Å². The summed E-state index contributed by atoms with van der Waals surface area (Å²) in [4.78, 5) is 7.26. The van der Waals surface area contributed by atoms with Gasteiger partial charge in [-0.2, -0.15) is 0 Å². The quantitative estimate of drug-likeness (QED) is 0.808. The minimum absolute atomic E-state index is 0.0774. The van der Waals surface area contributed by atoms with E-state index >= 15 is 0 Å². The van der Waals surface area contributed by atoms with Crippen LogP contribution in [0.5, 0.6) is 0 Å². The van der Waals surface area contributed by atoms with Crippen molar-refractivity contribution in [2.24, 2.45) is 5.73 Å². The van der Waals surface area contributed by atoms with Crippen molar-refractivity contribution in [2.75, 3.05) is 0 Å². The van der Waals surface area contributed by atoms with Crippen molar-refractivity contribution < 1.29 is 4.39 Å². The predicted octanol–water partition coefficient (Wildman–Crippen LogP) is 1.98. The standard InChI is InChI=1S/C11H14FN3/c1-2-7(13)6-10-14-9-5-3-4-8(12)11(9)15-10/h3-5,7H,2,6,13H2,1H3,(H,14,15). The molecule has 0 fully saturated rings. The van der Waals surface area contributed by atoms with E-state index in [9.17, 15) is 4.39 Å². The van der Waals surface area contributed by atoms with Crippen molar-refractivity contribution in [2.45, 2.75) is 25.8 Å². The molecule has 1 aromatic carbocycles. The summed E-state index contributed by atoms with van der Waals surface area (Å²) in [6.45, 7) is 2.02. The number of rotatable bonds is 3. The van der Waals surface area contributed by atoms with Crippen LogP contribution >= 0.6 is 0 Å². The number of fused-ring (bicyclic) bond motifs is 1. The van der Waals surface area contributed by atoms with Gasteiger partial charge in [0.1, 0.15) is 11.3 Å². The van der Waals surface area contributed by atoms with Crippen LogP contribution in [0.2, 0.25) is 0 Å². The normalized spacial score (nSPS) is 13.3. The molecule has 0 bridgehead atoms. The second-order valence-electron chi connectivity index (χ2n) is 3.69. The van der Waals surface area contributed by atoms with Gasteiger partial charge < -0.3 is 10.7 Å². The van der Waals surface area contributed by atoms with Gasteiger partial charge in [0, 0.05) is 12.5 Å². The van der Waals surface area contributed by atoms with E-state index in [0.717, 1.165) is 17.8 Å². The van der Waals surface area contributed by atoms with E-state index < -0.39 is 0 Å². The number of para-hydroxylation sites is 1. The Kier molecular flexibility index (Phi) is 2.68. The molecule has 0 spiro atoms. The van der Waals surface area contributed by atoms with E-state index in [1.54, 1.807) is 6.07 Å². The van der Waals surface area contributed by atoms with Crippen molar-refractivity contribution >= 4 is 11.0 Å². The number of hydrogen-bond donors (Lipinski definition) is 2. The first-order valence-electron chi connectivity index (χ1n) is 5.09. The van der Waals surface area contributed by atoms with Gasteiger partial charge in [-0.05, 0) is 18.6 Å². The largest absolute Gasteiger partial charge is 0.342 e. The summed E-state index contributed by atoms with van der Waals surface area (Å²) in [7, 11) is 0. The minimum atomic E-state index is -0.292. The predicted molar refractivity (Wildman–Crippen MR) is 58.0 cm³/mol. The van der Waals surface area contributed by atoms with E-state index in [1.807, 2.05) is 13.0 Å². The molecule has 0 aliphatic heterocycles. The molecule has 1 aromatic heterocycles. The molecule has 80 valence electrons. The Balaban J connectivity index is 2.35. The molecule has 1 heterocycles. The second kappa shape index (κ2) is 3.98. The third kappa shape index (κ3) is 1.99. The fourth-order valence-corrected chi connectivity index (χ4v) is 1.54. The molecule has 0 saturated heterocycles. The Morgan fingerprint density at radius 2 is 2.33 bits per heavy atom. The second-order valence-corrected chi connectivity index (χ2v) is 3.69. The average Bonchev–Trinajstić information content (AvgIpc) is 2.62. The van der Waals surface area contributed by atoms with Gasteiger partial charge >= 0.3 is 0 Å². The number of nitrogens with one attached hydrogen (secondary N) is 1. The number of H-pyrrole nitrogens is 1. The van der Waals surface area contributed by atoms with Crippen LogP contribution in [0.1, 0.15) is 19.2 Å². The molecule has 2 aromatic rings. The molecule has 3 N–H and O–H groups in total. The summed E-state index contributed by atoms with van der Waals surface area (Å²) in [6, 6.07) is 4.96. The number of aromatic nitrogens is 2. The Morgan fingerprint density at radius 3 is 3.00 bits per heavy atom. The Bertz CT molecular complexity index is 464. The number of imidazole rings is 1. The molecular weight excluding hydrogens is 193 g/mol. The maximum Gasteiger partial charge on any atom is 0.151 e. The van der Waals surface area contributed by atoms with E-state index in [1.165, 1.54) is 6.07 Å². The Hall–Kier alpha value is -1.42.